The number of rotatable bonds is 5. The highest BCUT2D eigenvalue weighted by Gasteiger charge is 2.27. The summed E-state index contributed by atoms with van der Waals surface area (Å²) in [5, 5.41) is 6.81. The third kappa shape index (κ3) is 3.72. The first-order valence-corrected chi connectivity index (χ1v) is 8.21. The molecule has 1 saturated carbocycles. The Balaban J connectivity index is 1.57. The van der Waals surface area contributed by atoms with Crippen molar-refractivity contribution in [2.24, 2.45) is 0 Å². The van der Waals surface area contributed by atoms with Crippen molar-refractivity contribution in [1.82, 2.24) is 10.2 Å². The molecule has 2 aromatic rings. The summed E-state index contributed by atoms with van der Waals surface area (Å²) in [6, 6.07) is 9.13. The van der Waals surface area contributed by atoms with Gasteiger partial charge < -0.3 is 4.74 Å². The van der Waals surface area contributed by atoms with E-state index in [2.05, 4.69) is 31.0 Å². The standard InChI is InChI=1S/C19H22N2O3/c1-19(2,3)14-8-6-13(7-9-14)17(22)11-24-18(23)16-10-15(20-21-16)12-4-5-12/h6-10,12H,4-5,11H2,1-3H3,(H,20,21). The number of H-pyrrole nitrogens is 1. The Bertz CT molecular complexity index is 750. The van der Waals surface area contributed by atoms with Gasteiger partial charge in [0.05, 0.1) is 0 Å². The molecule has 0 radical (unpaired) electrons. The van der Waals surface area contributed by atoms with Crippen molar-refractivity contribution in [1.29, 1.82) is 0 Å². The number of carbonyl (C=O) groups is 2. The van der Waals surface area contributed by atoms with Crippen molar-refractivity contribution in [2.45, 2.75) is 44.9 Å². The number of hydrogen-bond donors (Lipinski definition) is 1. The van der Waals surface area contributed by atoms with Crippen LogP contribution in [0.15, 0.2) is 30.3 Å². The van der Waals surface area contributed by atoms with Gasteiger partial charge in [-0.25, -0.2) is 4.79 Å². The molecule has 1 aliphatic rings. The van der Waals surface area contributed by atoms with Crippen molar-refractivity contribution >= 4 is 11.8 Å². The number of esters is 1. The lowest BCUT2D eigenvalue weighted by Gasteiger charge is -2.18. The molecule has 0 unspecified atom stereocenters. The van der Waals surface area contributed by atoms with Gasteiger partial charge in [0.2, 0.25) is 0 Å². The molecular formula is C19H22N2O3. The fraction of sp³-hybridized carbons (Fsp3) is 0.421. The third-order valence-electron chi connectivity index (χ3n) is 4.23. The molecular weight excluding hydrogens is 304 g/mol. The third-order valence-corrected chi connectivity index (χ3v) is 4.23. The van der Waals surface area contributed by atoms with E-state index in [9.17, 15) is 9.59 Å². The lowest BCUT2D eigenvalue weighted by molar-refractivity contribution is 0.0469. The Morgan fingerprint density at radius 2 is 1.88 bits per heavy atom. The van der Waals surface area contributed by atoms with E-state index in [1.807, 2.05) is 12.1 Å². The summed E-state index contributed by atoms with van der Waals surface area (Å²) < 4.78 is 5.08. The highest BCUT2D eigenvalue weighted by molar-refractivity contribution is 5.99. The minimum Gasteiger partial charge on any atom is -0.453 e. The van der Waals surface area contributed by atoms with Crippen molar-refractivity contribution in [3.8, 4) is 0 Å². The predicted molar refractivity (Wildman–Crippen MR) is 90.3 cm³/mol. The van der Waals surface area contributed by atoms with Crippen LogP contribution < -0.4 is 0 Å². The van der Waals surface area contributed by atoms with Crippen molar-refractivity contribution in [3.05, 3.63) is 52.8 Å². The second-order valence-electron chi connectivity index (χ2n) is 7.31. The molecule has 1 aromatic heterocycles. The van der Waals surface area contributed by atoms with Gasteiger partial charge >= 0.3 is 5.97 Å². The minimum absolute atomic E-state index is 0.0350. The first kappa shape index (κ1) is 16.4. The topological polar surface area (TPSA) is 72.1 Å². The summed E-state index contributed by atoms with van der Waals surface area (Å²) in [4.78, 5) is 24.1. The molecule has 3 rings (SSSR count). The number of ketones is 1. The number of ether oxygens (including phenoxy) is 1. The number of carbonyl (C=O) groups excluding carboxylic acids is 2. The summed E-state index contributed by atoms with van der Waals surface area (Å²) in [6.45, 7) is 6.07. The fourth-order valence-corrected chi connectivity index (χ4v) is 2.49. The Kier molecular flexibility index (Phi) is 4.26. The van der Waals surface area contributed by atoms with Crippen LogP contribution in [0.25, 0.3) is 0 Å². The quantitative estimate of drug-likeness (QED) is 0.673. The summed E-state index contributed by atoms with van der Waals surface area (Å²) >= 11 is 0. The lowest BCUT2D eigenvalue weighted by Crippen LogP contribution is -2.15. The summed E-state index contributed by atoms with van der Waals surface area (Å²) in [7, 11) is 0. The Hall–Kier alpha value is -2.43. The number of hydrogen-bond acceptors (Lipinski definition) is 4. The molecule has 24 heavy (non-hydrogen) atoms. The van der Waals surface area contributed by atoms with Gasteiger partial charge in [0.25, 0.3) is 0 Å². The number of aromatic nitrogens is 2. The summed E-state index contributed by atoms with van der Waals surface area (Å²) in [5.41, 5.74) is 2.92. The van der Waals surface area contributed by atoms with Crippen LogP contribution in [0.4, 0.5) is 0 Å². The molecule has 1 aromatic carbocycles. The van der Waals surface area contributed by atoms with Gasteiger partial charge in [-0.15, -0.1) is 0 Å². The van der Waals surface area contributed by atoms with Gasteiger partial charge in [0.15, 0.2) is 18.1 Å². The van der Waals surface area contributed by atoms with Crippen LogP contribution in [-0.4, -0.2) is 28.6 Å². The normalized spacial score (nSPS) is 14.5. The molecule has 0 saturated heterocycles. The Morgan fingerprint density at radius 3 is 2.46 bits per heavy atom. The van der Waals surface area contributed by atoms with Crippen LogP contribution >= 0.6 is 0 Å². The van der Waals surface area contributed by atoms with Crippen molar-refractivity contribution in [3.63, 3.8) is 0 Å². The molecule has 0 amide bonds. The second-order valence-corrected chi connectivity index (χ2v) is 7.31. The van der Waals surface area contributed by atoms with Crippen molar-refractivity contribution in [2.75, 3.05) is 6.61 Å². The van der Waals surface area contributed by atoms with Gasteiger partial charge in [-0.3, -0.25) is 9.89 Å². The first-order valence-electron chi connectivity index (χ1n) is 8.21. The van der Waals surface area contributed by atoms with E-state index in [-0.39, 0.29) is 23.5 Å². The van der Waals surface area contributed by atoms with E-state index >= 15 is 0 Å². The van der Waals surface area contributed by atoms with Crippen LogP contribution in [0.5, 0.6) is 0 Å². The van der Waals surface area contributed by atoms with Gasteiger partial charge in [-0.2, -0.15) is 5.10 Å². The van der Waals surface area contributed by atoms with E-state index < -0.39 is 5.97 Å². The molecule has 1 heterocycles. The SMILES string of the molecule is CC(C)(C)c1ccc(C(=O)COC(=O)c2cc(C3CC3)[nH]n2)cc1. The maximum absolute atomic E-state index is 12.2. The zero-order valence-electron chi connectivity index (χ0n) is 14.3. The van der Waals surface area contributed by atoms with Crippen LogP contribution in [0.1, 0.15) is 71.6 Å². The number of benzene rings is 1. The van der Waals surface area contributed by atoms with Crippen LogP contribution in [0.3, 0.4) is 0 Å². The molecule has 1 fully saturated rings. The van der Waals surface area contributed by atoms with E-state index in [0.717, 1.165) is 24.1 Å². The van der Waals surface area contributed by atoms with E-state index in [0.29, 0.717) is 11.5 Å². The van der Waals surface area contributed by atoms with Crippen molar-refractivity contribution < 1.29 is 14.3 Å². The zero-order valence-corrected chi connectivity index (χ0v) is 14.3. The average molecular weight is 326 g/mol. The molecule has 0 bridgehead atoms. The molecule has 5 nitrogen and oxygen atoms in total. The largest absolute Gasteiger partial charge is 0.453 e. The lowest BCUT2D eigenvalue weighted by atomic mass is 9.86. The molecule has 126 valence electrons. The van der Waals surface area contributed by atoms with E-state index in [1.54, 1.807) is 18.2 Å². The highest BCUT2D eigenvalue weighted by atomic mass is 16.5. The second kappa shape index (κ2) is 6.23. The number of aromatic amines is 1. The van der Waals surface area contributed by atoms with Gasteiger partial charge in [-0.1, -0.05) is 45.0 Å². The smallest absolute Gasteiger partial charge is 0.359 e. The highest BCUT2D eigenvalue weighted by Crippen LogP contribution is 2.39. The molecule has 1 aliphatic carbocycles. The molecule has 1 N–H and O–H groups in total. The Labute approximate surface area is 141 Å². The molecule has 5 heteroatoms. The first-order chi connectivity index (χ1) is 11.3. The monoisotopic (exact) mass is 326 g/mol. The maximum Gasteiger partial charge on any atom is 0.359 e. The Morgan fingerprint density at radius 1 is 1.21 bits per heavy atom. The van der Waals surface area contributed by atoms with Crippen LogP contribution in [-0.2, 0) is 10.2 Å². The van der Waals surface area contributed by atoms with Gasteiger partial charge in [0, 0.05) is 17.2 Å². The average Bonchev–Trinajstić information content (AvgIpc) is 3.28. The van der Waals surface area contributed by atoms with Gasteiger partial charge in [0.1, 0.15) is 0 Å². The molecule has 0 spiro atoms. The van der Waals surface area contributed by atoms with Gasteiger partial charge in [-0.05, 0) is 29.9 Å². The van der Waals surface area contributed by atoms with Crippen LogP contribution in [0, 0.1) is 0 Å². The fourth-order valence-electron chi connectivity index (χ4n) is 2.49. The van der Waals surface area contributed by atoms with Crippen LogP contribution in [0.2, 0.25) is 0 Å². The number of nitrogens with one attached hydrogen (secondary N) is 1. The maximum atomic E-state index is 12.2. The predicted octanol–water partition coefficient (Wildman–Crippen LogP) is 3.62. The molecule has 0 atom stereocenters. The van der Waals surface area contributed by atoms with E-state index in [1.165, 1.54) is 0 Å². The summed E-state index contributed by atoms with van der Waals surface area (Å²) in [5.74, 6) is -0.304. The summed E-state index contributed by atoms with van der Waals surface area (Å²) in [6.07, 6.45) is 2.25. The molecule has 0 aliphatic heterocycles. The zero-order chi connectivity index (χ0) is 17.3. The number of Topliss-reactive ketones (excluding diaryl/α,β-unsaturated/α-hetero) is 1. The minimum atomic E-state index is -0.571. The number of nitrogens with zero attached hydrogens (tertiary/aromatic N) is 1. The van der Waals surface area contributed by atoms with E-state index in [4.69, 9.17) is 4.74 Å².